The van der Waals surface area contributed by atoms with Crippen LogP contribution >= 0.6 is 15.9 Å². The van der Waals surface area contributed by atoms with Gasteiger partial charge in [0.15, 0.2) is 0 Å². The molecule has 0 unspecified atom stereocenters. The summed E-state index contributed by atoms with van der Waals surface area (Å²) in [7, 11) is 1.74. The van der Waals surface area contributed by atoms with E-state index in [1.54, 1.807) is 13.3 Å². The fraction of sp³-hybridized carbons (Fsp3) is 0.357. The summed E-state index contributed by atoms with van der Waals surface area (Å²) in [5.74, 6) is 0. The number of methoxy groups -OCH3 is 1. The van der Waals surface area contributed by atoms with E-state index in [9.17, 15) is 0 Å². The quantitative estimate of drug-likeness (QED) is 0.788. The van der Waals surface area contributed by atoms with Crippen molar-refractivity contribution in [1.82, 2.24) is 9.55 Å². The van der Waals surface area contributed by atoms with Gasteiger partial charge in [0, 0.05) is 48.4 Å². The molecule has 0 aliphatic rings. The predicted molar refractivity (Wildman–Crippen MR) is 76.6 cm³/mol. The van der Waals surface area contributed by atoms with E-state index in [1.165, 1.54) is 11.4 Å². The Kier molecular flexibility index (Phi) is 4.55. The smallest absolute Gasteiger partial charge is 0.0642 e. The topological polar surface area (TPSA) is 27.1 Å². The summed E-state index contributed by atoms with van der Waals surface area (Å²) < 4.78 is 8.54. The highest BCUT2D eigenvalue weighted by Gasteiger charge is 2.12. The molecule has 96 valence electrons. The van der Waals surface area contributed by atoms with Gasteiger partial charge in [0.25, 0.3) is 0 Å². The van der Waals surface area contributed by atoms with Crippen molar-refractivity contribution in [1.29, 1.82) is 0 Å². The van der Waals surface area contributed by atoms with Crippen LogP contribution in [0.3, 0.4) is 0 Å². The molecule has 0 spiro atoms. The molecule has 2 aromatic rings. The summed E-state index contributed by atoms with van der Waals surface area (Å²) in [4.78, 5) is 4.19. The van der Waals surface area contributed by atoms with Crippen LogP contribution in [-0.2, 0) is 11.3 Å². The Morgan fingerprint density at radius 2 is 2.28 bits per heavy atom. The molecule has 0 saturated heterocycles. The molecule has 18 heavy (non-hydrogen) atoms. The Morgan fingerprint density at radius 3 is 2.94 bits per heavy atom. The number of pyridine rings is 1. The first-order valence-corrected chi connectivity index (χ1v) is 6.78. The van der Waals surface area contributed by atoms with Gasteiger partial charge in [-0.15, -0.1) is 0 Å². The third-order valence-corrected chi connectivity index (χ3v) is 3.53. The van der Waals surface area contributed by atoms with Gasteiger partial charge in [0.05, 0.1) is 5.69 Å². The monoisotopic (exact) mass is 308 g/mol. The van der Waals surface area contributed by atoms with E-state index in [0.717, 1.165) is 29.6 Å². The Bertz CT molecular complexity index is 508. The molecule has 0 N–H and O–H groups in total. The summed E-state index contributed by atoms with van der Waals surface area (Å²) >= 11 is 3.63. The molecule has 0 bridgehead atoms. The number of aryl methyl sites for hydroxylation is 1. The number of rotatable bonds is 5. The number of aromatic nitrogens is 2. The summed E-state index contributed by atoms with van der Waals surface area (Å²) in [6.07, 6.45) is 4.69. The molecule has 0 aromatic carbocycles. The third-order valence-electron chi connectivity index (χ3n) is 2.92. The van der Waals surface area contributed by atoms with Gasteiger partial charge in [-0.05, 0) is 47.5 Å². The first-order chi connectivity index (χ1) is 8.74. The average Bonchev–Trinajstić information content (AvgIpc) is 2.66. The second kappa shape index (κ2) is 6.16. The van der Waals surface area contributed by atoms with Crippen LogP contribution in [0.15, 0.2) is 35.1 Å². The lowest BCUT2D eigenvalue weighted by atomic mass is 10.2. The molecule has 2 heterocycles. The normalized spacial score (nSPS) is 10.8. The highest BCUT2D eigenvalue weighted by Crippen LogP contribution is 2.31. The van der Waals surface area contributed by atoms with Gasteiger partial charge in [-0.25, -0.2) is 0 Å². The minimum atomic E-state index is 0.779. The summed E-state index contributed by atoms with van der Waals surface area (Å²) in [5.41, 5.74) is 3.57. The Morgan fingerprint density at radius 1 is 1.44 bits per heavy atom. The summed E-state index contributed by atoms with van der Waals surface area (Å²) in [5, 5.41) is 0. The van der Waals surface area contributed by atoms with E-state index in [2.05, 4.69) is 44.5 Å². The fourth-order valence-corrected chi connectivity index (χ4v) is 2.86. The Hall–Kier alpha value is -1.13. The van der Waals surface area contributed by atoms with Crippen LogP contribution in [0, 0.1) is 6.92 Å². The lowest BCUT2D eigenvalue weighted by Gasteiger charge is -2.11. The average molecular weight is 309 g/mol. The van der Waals surface area contributed by atoms with Gasteiger partial charge < -0.3 is 9.30 Å². The number of hydrogen-bond donors (Lipinski definition) is 0. The maximum Gasteiger partial charge on any atom is 0.0642 e. The minimum Gasteiger partial charge on any atom is -0.385 e. The highest BCUT2D eigenvalue weighted by molar-refractivity contribution is 9.10. The molecule has 0 amide bonds. The second-order valence-corrected chi connectivity index (χ2v) is 5.08. The number of ether oxygens (including phenoxy) is 1. The van der Waals surface area contributed by atoms with E-state index in [1.807, 2.05) is 12.3 Å². The van der Waals surface area contributed by atoms with Gasteiger partial charge in [-0.3, -0.25) is 4.98 Å². The van der Waals surface area contributed by atoms with E-state index < -0.39 is 0 Å². The lowest BCUT2D eigenvalue weighted by Crippen LogP contribution is -2.05. The molecule has 0 radical (unpaired) electrons. The molecule has 0 atom stereocenters. The molecular weight excluding hydrogens is 292 g/mol. The molecule has 4 heteroatoms. The van der Waals surface area contributed by atoms with Crippen molar-refractivity contribution in [3.8, 4) is 11.3 Å². The number of hydrogen-bond acceptors (Lipinski definition) is 2. The zero-order chi connectivity index (χ0) is 13.0. The maximum atomic E-state index is 5.12. The molecule has 0 aliphatic heterocycles. The van der Waals surface area contributed by atoms with Crippen LogP contribution in [0.25, 0.3) is 11.3 Å². The molecule has 3 nitrogen and oxygen atoms in total. The van der Waals surface area contributed by atoms with E-state index in [-0.39, 0.29) is 0 Å². The van der Waals surface area contributed by atoms with E-state index in [4.69, 9.17) is 4.74 Å². The van der Waals surface area contributed by atoms with Gasteiger partial charge in [0.1, 0.15) is 0 Å². The summed E-state index contributed by atoms with van der Waals surface area (Å²) in [6.45, 7) is 3.86. The van der Waals surface area contributed by atoms with Crippen LogP contribution in [0.1, 0.15) is 12.1 Å². The van der Waals surface area contributed by atoms with Gasteiger partial charge in [0.2, 0.25) is 0 Å². The van der Waals surface area contributed by atoms with Crippen LogP contribution in [0.4, 0.5) is 0 Å². The van der Waals surface area contributed by atoms with Gasteiger partial charge in [-0.1, -0.05) is 0 Å². The van der Waals surface area contributed by atoms with Crippen molar-refractivity contribution >= 4 is 15.9 Å². The van der Waals surface area contributed by atoms with Crippen molar-refractivity contribution in [2.45, 2.75) is 19.9 Å². The van der Waals surface area contributed by atoms with Gasteiger partial charge in [-0.2, -0.15) is 0 Å². The van der Waals surface area contributed by atoms with Crippen LogP contribution in [0.5, 0.6) is 0 Å². The first-order valence-electron chi connectivity index (χ1n) is 5.99. The van der Waals surface area contributed by atoms with Crippen LogP contribution < -0.4 is 0 Å². The van der Waals surface area contributed by atoms with Crippen LogP contribution in [-0.4, -0.2) is 23.3 Å². The molecule has 0 fully saturated rings. The molecular formula is C14H17BrN2O. The number of nitrogens with zero attached hydrogens (tertiary/aromatic N) is 2. The SMILES string of the molecule is COCCCn1c(C)cc(Br)c1-c1cccnc1. The largest absolute Gasteiger partial charge is 0.385 e. The highest BCUT2D eigenvalue weighted by atomic mass is 79.9. The second-order valence-electron chi connectivity index (χ2n) is 4.22. The van der Waals surface area contributed by atoms with Crippen LogP contribution in [0.2, 0.25) is 0 Å². The fourth-order valence-electron chi connectivity index (χ4n) is 2.09. The minimum absolute atomic E-state index is 0.779. The first kappa shape index (κ1) is 13.3. The zero-order valence-corrected chi connectivity index (χ0v) is 12.3. The standard InChI is InChI=1S/C14H17BrN2O/c1-11-9-13(15)14(12-5-3-6-16-10-12)17(11)7-4-8-18-2/h3,5-6,9-10H,4,7-8H2,1-2H3. The van der Waals surface area contributed by atoms with Crippen molar-refractivity contribution < 1.29 is 4.74 Å². The van der Waals surface area contributed by atoms with Gasteiger partial charge >= 0.3 is 0 Å². The predicted octanol–water partition coefficient (Wildman–Crippen LogP) is 3.66. The van der Waals surface area contributed by atoms with Crippen molar-refractivity contribution in [2.24, 2.45) is 0 Å². The third kappa shape index (κ3) is 2.82. The number of halogens is 1. The van der Waals surface area contributed by atoms with E-state index in [0.29, 0.717) is 0 Å². The maximum absolute atomic E-state index is 5.12. The Labute approximate surface area is 116 Å². The molecule has 0 aliphatic carbocycles. The molecule has 2 rings (SSSR count). The zero-order valence-electron chi connectivity index (χ0n) is 10.7. The van der Waals surface area contributed by atoms with Crippen molar-refractivity contribution in [3.05, 3.63) is 40.8 Å². The van der Waals surface area contributed by atoms with Crippen molar-refractivity contribution in [2.75, 3.05) is 13.7 Å². The van der Waals surface area contributed by atoms with Crippen molar-refractivity contribution in [3.63, 3.8) is 0 Å². The molecule has 0 saturated carbocycles. The summed E-state index contributed by atoms with van der Waals surface area (Å²) in [6, 6.07) is 6.19. The van der Waals surface area contributed by atoms with E-state index >= 15 is 0 Å². The molecule has 2 aromatic heterocycles. The lowest BCUT2D eigenvalue weighted by molar-refractivity contribution is 0.190. The Balaban J connectivity index is 2.34.